The molecule has 26 heavy (non-hydrogen) atoms. The van der Waals surface area contributed by atoms with Gasteiger partial charge in [0.1, 0.15) is 11.6 Å². The second-order valence-electron chi connectivity index (χ2n) is 6.88. The van der Waals surface area contributed by atoms with Crippen LogP contribution in [0.4, 0.5) is 4.39 Å². The number of halogens is 1. The number of ether oxygens (including phenoxy) is 1. The molecule has 0 radical (unpaired) electrons. The predicted octanol–water partition coefficient (Wildman–Crippen LogP) is 2.06. The van der Waals surface area contributed by atoms with E-state index in [4.69, 9.17) is 4.74 Å². The summed E-state index contributed by atoms with van der Waals surface area (Å²) in [4.78, 5) is 4.64. The molecule has 140 valence electrons. The van der Waals surface area contributed by atoms with Crippen molar-refractivity contribution in [1.82, 2.24) is 19.5 Å². The molecule has 0 amide bonds. The van der Waals surface area contributed by atoms with Gasteiger partial charge in [-0.15, -0.1) is 0 Å². The van der Waals surface area contributed by atoms with E-state index in [0.29, 0.717) is 17.5 Å². The molecule has 2 atom stereocenters. The van der Waals surface area contributed by atoms with Crippen molar-refractivity contribution in [1.29, 1.82) is 0 Å². The van der Waals surface area contributed by atoms with Gasteiger partial charge in [0.15, 0.2) is 5.82 Å². The molecular weight excluding hydrogens is 359 g/mol. The standard InChI is InChI=1S/C17H21FN4O3S/c1-25-13-3-2-4-14(7-13)26(23,24)22-9-12(8-18)15(10-22)17-19-16(20-21-17)11-5-6-11/h2-4,7,11-12,15H,5-6,8-10H2,1H3,(H,19,20,21). The molecule has 2 aliphatic rings. The van der Waals surface area contributed by atoms with Gasteiger partial charge in [-0.05, 0) is 25.0 Å². The summed E-state index contributed by atoms with van der Waals surface area (Å²) >= 11 is 0. The molecule has 2 fully saturated rings. The number of sulfonamides is 1. The zero-order chi connectivity index (χ0) is 18.3. The first-order valence-corrected chi connectivity index (χ1v) is 10.1. The number of nitrogens with zero attached hydrogens (tertiary/aromatic N) is 3. The van der Waals surface area contributed by atoms with Gasteiger partial charge in [0.2, 0.25) is 10.0 Å². The quantitative estimate of drug-likeness (QED) is 0.829. The van der Waals surface area contributed by atoms with Gasteiger partial charge in [0, 0.05) is 36.9 Å². The van der Waals surface area contributed by atoms with Crippen molar-refractivity contribution in [2.75, 3.05) is 26.9 Å². The fourth-order valence-electron chi connectivity index (χ4n) is 3.38. The molecule has 2 heterocycles. The maximum Gasteiger partial charge on any atom is 0.243 e. The Morgan fingerprint density at radius 3 is 2.85 bits per heavy atom. The molecule has 1 aromatic heterocycles. The number of benzene rings is 1. The maximum absolute atomic E-state index is 13.6. The lowest BCUT2D eigenvalue weighted by Crippen LogP contribution is -2.29. The van der Waals surface area contributed by atoms with E-state index in [9.17, 15) is 12.8 Å². The van der Waals surface area contributed by atoms with Gasteiger partial charge in [0.05, 0.1) is 18.7 Å². The van der Waals surface area contributed by atoms with Gasteiger partial charge in [-0.2, -0.15) is 9.40 Å². The van der Waals surface area contributed by atoms with Gasteiger partial charge in [0.25, 0.3) is 0 Å². The van der Waals surface area contributed by atoms with Crippen LogP contribution in [0.3, 0.4) is 0 Å². The van der Waals surface area contributed by atoms with Gasteiger partial charge < -0.3 is 4.74 Å². The molecule has 1 aliphatic heterocycles. The van der Waals surface area contributed by atoms with Crippen molar-refractivity contribution in [3.05, 3.63) is 35.9 Å². The number of nitrogens with one attached hydrogen (secondary N) is 1. The highest BCUT2D eigenvalue weighted by atomic mass is 32.2. The smallest absolute Gasteiger partial charge is 0.243 e. The Balaban J connectivity index is 1.59. The van der Waals surface area contributed by atoms with Crippen LogP contribution in [0.25, 0.3) is 0 Å². The lowest BCUT2D eigenvalue weighted by molar-refractivity contribution is 0.346. The van der Waals surface area contributed by atoms with Crippen LogP contribution in [-0.2, 0) is 10.0 Å². The van der Waals surface area contributed by atoms with Crippen LogP contribution in [0.15, 0.2) is 29.2 Å². The van der Waals surface area contributed by atoms with E-state index in [-0.39, 0.29) is 23.9 Å². The second kappa shape index (κ2) is 6.62. The third-order valence-electron chi connectivity index (χ3n) is 5.10. The molecule has 2 aromatic rings. The van der Waals surface area contributed by atoms with Gasteiger partial charge in [-0.25, -0.2) is 13.4 Å². The molecule has 2 unspecified atom stereocenters. The van der Waals surface area contributed by atoms with Gasteiger partial charge in [-0.1, -0.05) is 6.07 Å². The lowest BCUT2D eigenvalue weighted by Gasteiger charge is -2.16. The largest absolute Gasteiger partial charge is 0.497 e. The van der Waals surface area contributed by atoms with Crippen LogP contribution in [-0.4, -0.2) is 54.8 Å². The van der Waals surface area contributed by atoms with Crippen molar-refractivity contribution in [3.63, 3.8) is 0 Å². The topological polar surface area (TPSA) is 88.2 Å². The SMILES string of the molecule is COc1cccc(S(=O)(=O)N2CC(CF)C(c3nc(C4CC4)n[nH]3)C2)c1. The summed E-state index contributed by atoms with van der Waals surface area (Å²) in [6.07, 6.45) is 2.15. The summed E-state index contributed by atoms with van der Waals surface area (Å²) < 4.78 is 46.0. The third kappa shape index (κ3) is 3.09. The first kappa shape index (κ1) is 17.4. The zero-order valence-corrected chi connectivity index (χ0v) is 15.2. The average molecular weight is 380 g/mol. The highest BCUT2D eigenvalue weighted by molar-refractivity contribution is 7.89. The van der Waals surface area contributed by atoms with E-state index in [1.807, 2.05) is 0 Å². The first-order chi connectivity index (χ1) is 12.5. The average Bonchev–Trinajstić information content (AvgIpc) is 3.22. The highest BCUT2D eigenvalue weighted by Crippen LogP contribution is 2.40. The monoisotopic (exact) mass is 380 g/mol. The number of methoxy groups -OCH3 is 1. The molecule has 1 aromatic carbocycles. The Labute approximate surface area is 151 Å². The number of alkyl halides is 1. The Bertz CT molecular complexity index is 897. The Morgan fingerprint density at radius 1 is 1.35 bits per heavy atom. The van der Waals surface area contributed by atoms with Crippen LogP contribution in [0.1, 0.15) is 36.3 Å². The van der Waals surface area contributed by atoms with Crippen molar-refractivity contribution >= 4 is 10.0 Å². The second-order valence-corrected chi connectivity index (χ2v) is 8.81. The van der Waals surface area contributed by atoms with Crippen LogP contribution in [0.2, 0.25) is 0 Å². The van der Waals surface area contributed by atoms with Crippen molar-refractivity contribution in [3.8, 4) is 5.75 Å². The Hall–Kier alpha value is -2.00. The summed E-state index contributed by atoms with van der Waals surface area (Å²) in [6, 6.07) is 6.32. The molecule has 7 nitrogen and oxygen atoms in total. The molecule has 0 bridgehead atoms. The maximum atomic E-state index is 13.6. The van der Waals surface area contributed by atoms with Crippen LogP contribution < -0.4 is 4.74 Å². The fraction of sp³-hybridized carbons (Fsp3) is 0.529. The summed E-state index contributed by atoms with van der Waals surface area (Å²) in [5, 5.41) is 7.11. The van der Waals surface area contributed by atoms with Crippen LogP contribution in [0.5, 0.6) is 5.75 Å². The molecule has 1 saturated heterocycles. The predicted molar refractivity (Wildman–Crippen MR) is 92.3 cm³/mol. The highest BCUT2D eigenvalue weighted by Gasteiger charge is 2.42. The normalized spacial score (nSPS) is 24.1. The minimum Gasteiger partial charge on any atom is -0.497 e. The van der Waals surface area contributed by atoms with Crippen LogP contribution in [0, 0.1) is 5.92 Å². The van der Waals surface area contributed by atoms with Crippen molar-refractivity contribution < 1.29 is 17.5 Å². The van der Waals surface area contributed by atoms with E-state index in [0.717, 1.165) is 18.7 Å². The van der Waals surface area contributed by atoms with Crippen molar-refractivity contribution in [2.45, 2.75) is 29.6 Å². The minimum atomic E-state index is -3.73. The Kier molecular flexibility index (Phi) is 4.44. The van der Waals surface area contributed by atoms with Crippen LogP contribution >= 0.6 is 0 Å². The first-order valence-electron chi connectivity index (χ1n) is 8.65. The summed E-state index contributed by atoms with van der Waals surface area (Å²) in [5.74, 6) is 1.44. The van der Waals surface area contributed by atoms with E-state index in [1.165, 1.54) is 23.5 Å². The summed E-state index contributed by atoms with van der Waals surface area (Å²) in [5.41, 5.74) is 0. The number of aromatic nitrogens is 3. The molecule has 1 aliphatic carbocycles. The number of hydrogen-bond acceptors (Lipinski definition) is 5. The number of aromatic amines is 1. The summed E-state index contributed by atoms with van der Waals surface area (Å²) in [6.45, 7) is -0.290. The minimum absolute atomic E-state index is 0.125. The van der Waals surface area contributed by atoms with Gasteiger partial charge >= 0.3 is 0 Å². The van der Waals surface area contributed by atoms with E-state index < -0.39 is 22.6 Å². The third-order valence-corrected chi connectivity index (χ3v) is 6.93. The number of rotatable bonds is 6. The molecular formula is C17H21FN4O3S. The molecule has 0 spiro atoms. The lowest BCUT2D eigenvalue weighted by atomic mass is 9.97. The Morgan fingerprint density at radius 2 is 2.15 bits per heavy atom. The van der Waals surface area contributed by atoms with E-state index in [2.05, 4.69) is 15.2 Å². The molecule has 9 heteroatoms. The number of hydrogen-bond donors (Lipinski definition) is 1. The molecule has 1 saturated carbocycles. The molecule has 4 rings (SSSR count). The van der Waals surface area contributed by atoms with E-state index >= 15 is 0 Å². The zero-order valence-electron chi connectivity index (χ0n) is 14.4. The van der Waals surface area contributed by atoms with E-state index in [1.54, 1.807) is 12.1 Å². The number of H-pyrrole nitrogens is 1. The summed E-state index contributed by atoms with van der Waals surface area (Å²) in [7, 11) is -2.24. The van der Waals surface area contributed by atoms with Gasteiger partial charge in [-0.3, -0.25) is 9.49 Å². The molecule has 1 N–H and O–H groups in total. The van der Waals surface area contributed by atoms with Crippen molar-refractivity contribution in [2.24, 2.45) is 5.92 Å². The fourth-order valence-corrected chi connectivity index (χ4v) is 4.94.